The molecule has 0 bridgehead atoms. The first kappa shape index (κ1) is 20.4. The van der Waals surface area contributed by atoms with Gasteiger partial charge in [-0.25, -0.2) is 4.39 Å². The summed E-state index contributed by atoms with van der Waals surface area (Å²) in [5.41, 5.74) is 0.357. The molecular formula is C20H25FN4O2S. The highest BCUT2D eigenvalue weighted by Crippen LogP contribution is 2.29. The molecule has 1 saturated carbocycles. The lowest BCUT2D eigenvalue weighted by Crippen LogP contribution is -2.49. The van der Waals surface area contributed by atoms with Crippen LogP contribution in [0.3, 0.4) is 0 Å². The molecule has 0 spiro atoms. The van der Waals surface area contributed by atoms with Crippen molar-refractivity contribution in [2.45, 2.75) is 64.1 Å². The van der Waals surface area contributed by atoms with Crippen molar-refractivity contribution in [2.24, 2.45) is 0 Å². The second-order valence-corrected chi connectivity index (χ2v) is 7.78. The summed E-state index contributed by atoms with van der Waals surface area (Å²) in [5.74, 6) is -1.28. The van der Waals surface area contributed by atoms with E-state index in [1.54, 1.807) is 23.6 Å². The number of hydrogen-bond acceptors (Lipinski definition) is 5. The van der Waals surface area contributed by atoms with E-state index in [1.807, 2.05) is 13.8 Å². The fourth-order valence-electron chi connectivity index (χ4n) is 3.62. The van der Waals surface area contributed by atoms with Crippen LogP contribution in [-0.4, -0.2) is 38.4 Å². The summed E-state index contributed by atoms with van der Waals surface area (Å²) in [4.78, 5) is 27.9. The van der Waals surface area contributed by atoms with Crippen LogP contribution in [0.25, 0.3) is 0 Å². The van der Waals surface area contributed by atoms with E-state index in [1.165, 1.54) is 11.0 Å². The topological polar surface area (TPSA) is 75.2 Å². The molecule has 1 N–H and O–H groups in total. The van der Waals surface area contributed by atoms with Gasteiger partial charge in [0.25, 0.3) is 5.91 Å². The van der Waals surface area contributed by atoms with Gasteiger partial charge in [-0.2, -0.15) is 0 Å². The molecule has 1 aromatic heterocycles. The summed E-state index contributed by atoms with van der Waals surface area (Å²) in [6, 6.07) is 4.85. The number of halogens is 1. The average molecular weight is 405 g/mol. The van der Waals surface area contributed by atoms with Crippen molar-refractivity contribution < 1.29 is 14.0 Å². The highest BCUT2D eigenvalue weighted by molar-refractivity contribution is 7.03. The molecule has 6 nitrogen and oxygen atoms in total. The first-order valence-corrected chi connectivity index (χ1v) is 10.5. The molecule has 0 radical (unpaired) electrons. The van der Waals surface area contributed by atoms with Gasteiger partial charge in [0.2, 0.25) is 5.91 Å². The van der Waals surface area contributed by atoms with Gasteiger partial charge >= 0.3 is 0 Å². The van der Waals surface area contributed by atoms with Crippen molar-refractivity contribution >= 4 is 23.3 Å². The predicted molar refractivity (Wildman–Crippen MR) is 105 cm³/mol. The van der Waals surface area contributed by atoms with Crippen molar-refractivity contribution in [1.29, 1.82) is 0 Å². The number of nitrogens with one attached hydrogen (secondary N) is 1. The summed E-state index contributed by atoms with van der Waals surface area (Å²) >= 11 is 1.07. The standard InChI is InChI=1S/C20H25FN4O2S/c1-3-13(2)25(20(27)17-12-28-24-23-17)18(15-10-6-7-11-16(15)21)19(26)22-14-8-4-5-9-14/h6-7,10-14,18H,3-5,8-9H2,1-2H3,(H,22,26)/t13-,18-/m0/s1. The molecule has 1 heterocycles. The van der Waals surface area contributed by atoms with Gasteiger partial charge in [-0.3, -0.25) is 9.59 Å². The highest BCUT2D eigenvalue weighted by atomic mass is 32.1. The zero-order valence-corrected chi connectivity index (χ0v) is 16.9. The molecule has 1 aliphatic carbocycles. The number of benzene rings is 1. The number of nitrogens with zero attached hydrogens (tertiary/aromatic N) is 3. The lowest BCUT2D eigenvalue weighted by Gasteiger charge is -2.36. The van der Waals surface area contributed by atoms with E-state index in [-0.39, 0.29) is 29.2 Å². The molecule has 8 heteroatoms. The molecule has 0 unspecified atom stereocenters. The Morgan fingerprint density at radius 1 is 1.32 bits per heavy atom. The van der Waals surface area contributed by atoms with Crippen LogP contribution < -0.4 is 5.32 Å². The molecular weight excluding hydrogens is 379 g/mol. The van der Waals surface area contributed by atoms with Crippen molar-refractivity contribution in [2.75, 3.05) is 0 Å². The second-order valence-electron chi connectivity index (χ2n) is 7.17. The van der Waals surface area contributed by atoms with Crippen molar-refractivity contribution in [3.05, 3.63) is 46.7 Å². The van der Waals surface area contributed by atoms with E-state index in [0.717, 1.165) is 37.2 Å². The number of carbonyl (C=O) groups excluding carboxylic acids is 2. The van der Waals surface area contributed by atoms with Crippen molar-refractivity contribution in [3.63, 3.8) is 0 Å². The SMILES string of the molecule is CC[C@H](C)N(C(=O)c1csnn1)[C@H](C(=O)NC1CCCC1)c1ccccc1F. The highest BCUT2D eigenvalue weighted by Gasteiger charge is 2.38. The molecule has 0 aliphatic heterocycles. The van der Waals surface area contributed by atoms with Crippen LogP contribution in [-0.2, 0) is 4.79 Å². The third-order valence-corrected chi connectivity index (χ3v) is 5.81. The number of aromatic nitrogens is 2. The van der Waals surface area contributed by atoms with Gasteiger partial charge in [0.1, 0.15) is 11.9 Å². The Labute approximate surface area is 168 Å². The fourth-order valence-corrected chi connectivity index (χ4v) is 4.05. The summed E-state index contributed by atoms with van der Waals surface area (Å²) in [5, 5.41) is 8.44. The van der Waals surface area contributed by atoms with Gasteiger partial charge in [0, 0.05) is 23.0 Å². The summed E-state index contributed by atoms with van der Waals surface area (Å²) in [7, 11) is 0. The van der Waals surface area contributed by atoms with Crippen LogP contribution in [0.2, 0.25) is 0 Å². The average Bonchev–Trinajstić information content (AvgIpc) is 3.40. The van der Waals surface area contributed by atoms with Crippen LogP contribution in [0.1, 0.15) is 68.0 Å². The molecule has 2 amide bonds. The van der Waals surface area contributed by atoms with Crippen molar-refractivity contribution in [1.82, 2.24) is 19.8 Å². The van der Waals surface area contributed by atoms with E-state index in [0.29, 0.717) is 6.42 Å². The number of amides is 2. The second kappa shape index (κ2) is 9.23. The Balaban J connectivity index is 2.02. The Hall–Kier alpha value is -2.35. The van der Waals surface area contributed by atoms with Gasteiger partial charge in [0.15, 0.2) is 5.69 Å². The summed E-state index contributed by atoms with van der Waals surface area (Å²) in [6.45, 7) is 3.78. The van der Waals surface area contributed by atoms with Crippen LogP contribution >= 0.6 is 11.5 Å². The number of carbonyl (C=O) groups is 2. The molecule has 0 saturated heterocycles. The van der Waals surface area contributed by atoms with Crippen molar-refractivity contribution in [3.8, 4) is 0 Å². The van der Waals surface area contributed by atoms with Crippen LogP contribution in [0, 0.1) is 5.82 Å². The Kier molecular flexibility index (Phi) is 6.72. The maximum absolute atomic E-state index is 14.7. The smallest absolute Gasteiger partial charge is 0.276 e. The van der Waals surface area contributed by atoms with Crippen LogP contribution in [0.15, 0.2) is 29.6 Å². The van der Waals surface area contributed by atoms with E-state index < -0.39 is 17.8 Å². The maximum Gasteiger partial charge on any atom is 0.276 e. The number of rotatable bonds is 7. The van der Waals surface area contributed by atoms with E-state index in [4.69, 9.17) is 0 Å². The lowest BCUT2D eigenvalue weighted by atomic mass is 9.99. The van der Waals surface area contributed by atoms with Gasteiger partial charge in [-0.05, 0) is 43.8 Å². The number of hydrogen-bond donors (Lipinski definition) is 1. The van der Waals surface area contributed by atoms with E-state index in [2.05, 4.69) is 14.9 Å². The Morgan fingerprint density at radius 2 is 2.04 bits per heavy atom. The molecule has 28 heavy (non-hydrogen) atoms. The maximum atomic E-state index is 14.7. The minimum Gasteiger partial charge on any atom is -0.351 e. The quantitative estimate of drug-likeness (QED) is 0.763. The summed E-state index contributed by atoms with van der Waals surface area (Å²) in [6.07, 6.45) is 4.55. The minimum absolute atomic E-state index is 0.0663. The molecule has 3 rings (SSSR count). The molecule has 2 atom stereocenters. The molecule has 1 aromatic carbocycles. The zero-order valence-electron chi connectivity index (χ0n) is 16.1. The van der Waals surface area contributed by atoms with Gasteiger partial charge in [-0.1, -0.05) is 42.5 Å². The first-order valence-electron chi connectivity index (χ1n) is 9.67. The largest absolute Gasteiger partial charge is 0.351 e. The third-order valence-electron chi connectivity index (χ3n) is 5.31. The van der Waals surface area contributed by atoms with Gasteiger partial charge in [-0.15, -0.1) is 5.10 Å². The Morgan fingerprint density at radius 3 is 2.64 bits per heavy atom. The van der Waals surface area contributed by atoms with Gasteiger partial charge in [0.05, 0.1) is 0 Å². The molecule has 150 valence electrons. The minimum atomic E-state index is -1.06. The first-order chi connectivity index (χ1) is 13.5. The Bertz CT molecular complexity index is 808. The third kappa shape index (κ3) is 4.38. The van der Waals surface area contributed by atoms with Gasteiger partial charge < -0.3 is 10.2 Å². The van der Waals surface area contributed by atoms with E-state index in [9.17, 15) is 14.0 Å². The van der Waals surface area contributed by atoms with Crippen LogP contribution in [0.5, 0.6) is 0 Å². The monoisotopic (exact) mass is 404 g/mol. The molecule has 1 aliphatic rings. The molecule has 2 aromatic rings. The van der Waals surface area contributed by atoms with Crippen LogP contribution in [0.4, 0.5) is 4.39 Å². The molecule has 1 fully saturated rings. The van der Waals surface area contributed by atoms with E-state index >= 15 is 0 Å². The summed E-state index contributed by atoms with van der Waals surface area (Å²) < 4.78 is 18.5. The fraction of sp³-hybridized carbons (Fsp3) is 0.500. The lowest BCUT2D eigenvalue weighted by molar-refractivity contribution is -0.127. The zero-order chi connectivity index (χ0) is 20.1. The predicted octanol–water partition coefficient (Wildman–Crippen LogP) is 3.72. The normalized spacial score (nSPS) is 16.5.